The van der Waals surface area contributed by atoms with Gasteiger partial charge in [-0.3, -0.25) is 19.3 Å². The molecule has 2 aliphatic heterocycles. The number of Topliss-reactive ketones (excluding diaryl/α,β-unsaturated/α-hetero) is 1. The maximum absolute atomic E-state index is 13.0. The molecule has 1 aromatic heterocycles. The Morgan fingerprint density at radius 1 is 1.19 bits per heavy atom. The Morgan fingerprint density at radius 2 is 1.96 bits per heavy atom. The minimum Gasteiger partial charge on any atom is -0.454 e. The number of amides is 2. The van der Waals surface area contributed by atoms with Crippen molar-refractivity contribution in [2.45, 2.75) is 18.5 Å². The van der Waals surface area contributed by atoms with Gasteiger partial charge in [0.2, 0.25) is 17.4 Å². The van der Waals surface area contributed by atoms with Crippen LogP contribution >= 0.6 is 0 Å². The lowest BCUT2D eigenvalue weighted by Crippen LogP contribution is -2.67. The number of benzene rings is 1. The van der Waals surface area contributed by atoms with E-state index in [1.807, 2.05) is 0 Å². The molecule has 0 unspecified atom stereocenters. The first-order valence-corrected chi connectivity index (χ1v) is 8.51. The van der Waals surface area contributed by atoms with Gasteiger partial charge in [0.1, 0.15) is 0 Å². The molecule has 0 aliphatic carbocycles. The number of carbonyl (C=O) groups is 4. The highest BCUT2D eigenvalue weighted by molar-refractivity contribution is 6.15. The molecular formula is C19H17N3O5. The van der Waals surface area contributed by atoms with Gasteiger partial charge in [-0.05, 0) is 24.3 Å². The first kappa shape index (κ1) is 17.0. The van der Waals surface area contributed by atoms with E-state index in [1.54, 1.807) is 42.6 Å². The van der Waals surface area contributed by atoms with Crippen molar-refractivity contribution in [1.82, 2.24) is 9.88 Å². The highest BCUT2D eigenvalue weighted by Crippen LogP contribution is 2.44. The normalized spacial score (nSPS) is 21.1. The average Bonchev–Trinajstić information content (AvgIpc) is 3.33. The molecular weight excluding hydrogens is 350 g/mol. The van der Waals surface area contributed by atoms with Crippen molar-refractivity contribution in [3.05, 3.63) is 53.9 Å². The van der Waals surface area contributed by atoms with Crippen LogP contribution in [0.25, 0.3) is 0 Å². The summed E-state index contributed by atoms with van der Waals surface area (Å²) in [5, 5.41) is 0. The summed E-state index contributed by atoms with van der Waals surface area (Å²) in [5.41, 5.74) is -0.520. The molecule has 0 spiro atoms. The Hall–Kier alpha value is -3.42. The number of esters is 1. The van der Waals surface area contributed by atoms with Gasteiger partial charge in [0.15, 0.2) is 6.61 Å². The van der Waals surface area contributed by atoms with Crippen LogP contribution in [0.3, 0.4) is 0 Å². The summed E-state index contributed by atoms with van der Waals surface area (Å²) in [6, 6.07) is 9.89. The van der Waals surface area contributed by atoms with E-state index in [4.69, 9.17) is 4.74 Å². The number of hydrogen-bond donors (Lipinski definition) is 1. The number of ketones is 1. The minimum atomic E-state index is -1.57. The number of likely N-dealkylation sites (N-methyl/N-ethyl adjacent to an activating group) is 1. The standard InChI is InChI=1S/C19H17N3O5/c1-21-17(25)12-5-2-3-7-14(12)22-16(24)8-9-19(21,22)18(26)27-11-15(23)13-6-4-10-20-13/h2-7,10,20H,8-9,11H2,1H3/t19-/m1/s1. The molecule has 1 saturated heterocycles. The lowest BCUT2D eigenvalue weighted by molar-refractivity contribution is -0.155. The van der Waals surface area contributed by atoms with Crippen LogP contribution in [0.5, 0.6) is 0 Å². The fourth-order valence-corrected chi connectivity index (χ4v) is 3.72. The maximum atomic E-state index is 13.0. The number of fused-ring (bicyclic) bond motifs is 3. The molecule has 4 rings (SSSR count). The van der Waals surface area contributed by atoms with E-state index in [-0.39, 0.29) is 24.7 Å². The van der Waals surface area contributed by atoms with Crippen LogP contribution in [-0.2, 0) is 14.3 Å². The molecule has 2 aliphatic rings. The predicted octanol–water partition coefficient (Wildman–Crippen LogP) is 1.35. The monoisotopic (exact) mass is 367 g/mol. The van der Waals surface area contributed by atoms with Crippen molar-refractivity contribution in [2.24, 2.45) is 0 Å². The zero-order valence-electron chi connectivity index (χ0n) is 14.6. The first-order chi connectivity index (χ1) is 13.0. The van der Waals surface area contributed by atoms with Gasteiger partial charge in [-0.2, -0.15) is 0 Å². The van der Waals surface area contributed by atoms with E-state index in [0.29, 0.717) is 16.9 Å². The number of para-hydroxylation sites is 1. The maximum Gasteiger partial charge on any atom is 0.354 e. The van der Waals surface area contributed by atoms with Crippen LogP contribution < -0.4 is 4.90 Å². The summed E-state index contributed by atoms with van der Waals surface area (Å²) in [4.78, 5) is 55.8. The fourth-order valence-electron chi connectivity index (χ4n) is 3.72. The number of anilines is 1. The predicted molar refractivity (Wildman–Crippen MR) is 94.1 cm³/mol. The van der Waals surface area contributed by atoms with Crippen LogP contribution in [0.2, 0.25) is 0 Å². The van der Waals surface area contributed by atoms with Crippen LogP contribution in [0.1, 0.15) is 33.7 Å². The topological polar surface area (TPSA) is 99.8 Å². The van der Waals surface area contributed by atoms with Gasteiger partial charge >= 0.3 is 5.97 Å². The van der Waals surface area contributed by atoms with E-state index in [2.05, 4.69) is 4.98 Å². The Kier molecular flexibility index (Phi) is 3.83. The SMILES string of the molecule is CN1C(=O)c2ccccc2N2C(=O)CC[C@@]12C(=O)OCC(=O)c1ccc[nH]1. The zero-order chi connectivity index (χ0) is 19.2. The van der Waals surface area contributed by atoms with Crippen LogP contribution in [0.4, 0.5) is 5.69 Å². The second-order valence-electron chi connectivity index (χ2n) is 6.51. The van der Waals surface area contributed by atoms with Gasteiger partial charge in [-0.25, -0.2) is 4.79 Å². The summed E-state index contributed by atoms with van der Waals surface area (Å²) < 4.78 is 5.26. The quantitative estimate of drug-likeness (QED) is 0.649. The third kappa shape index (κ3) is 2.37. The molecule has 3 heterocycles. The Morgan fingerprint density at radius 3 is 2.70 bits per heavy atom. The second-order valence-corrected chi connectivity index (χ2v) is 6.51. The van der Waals surface area contributed by atoms with Gasteiger partial charge in [0.25, 0.3) is 5.91 Å². The number of aromatic amines is 1. The van der Waals surface area contributed by atoms with Gasteiger partial charge < -0.3 is 14.6 Å². The summed E-state index contributed by atoms with van der Waals surface area (Å²) in [6.45, 7) is -0.479. The average molecular weight is 367 g/mol. The molecule has 8 heteroatoms. The van der Waals surface area contributed by atoms with Crippen LogP contribution in [0, 0.1) is 0 Å². The highest BCUT2D eigenvalue weighted by atomic mass is 16.5. The number of ether oxygens (including phenoxy) is 1. The molecule has 1 fully saturated rings. The van der Waals surface area contributed by atoms with Crippen molar-refractivity contribution in [3.8, 4) is 0 Å². The largest absolute Gasteiger partial charge is 0.454 e. The first-order valence-electron chi connectivity index (χ1n) is 8.51. The lowest BCUT2D eigenvalue weighted by Gasteiger charge is -2.46. The van der Waals surface area contributed by atoms with Gasteiger partial charge in [0, 0.05) is 26.1 Å². The van der Waals surface area contributed by atoms with Crippen molar-refractivity contribution in [3.63, 3.8) is 0 Å². The molecule has 1 atom stereocenters. The van der Waals surface area contributed by atoms with Crippen molar-refractivity contribution in [2.75, 3.05) is 18.6 Å². The van der Waals surface area contributed by atoms with Crippen LogP contribution in [0.15, 0.2) is 42.6 Å². The summed E-state index contributed by atoms with van der Waals surface area (Å²) in [5.74, 6) is -1.83. The summed E-state index contributed by atoms with van der Waals surface area (Å²) in [6.07, 6.45) is 1.80. The minimum absolute atomic E-state index is 0.103. The van der Waals surface area contributed by atoms with E-state index in [1.165, 1.54) is 16.8 Å². The number of rotatable bonds is 4. The lowest BCUT2D eigenvalue weighted by atomic mass is 9.97. The van der Waals surface area contributed by atoms with E-state index in [9.17, 15) is 19.2 Å². The second kappa shape index (κ2) is 6.08. The smallest absolute Gasteiger partial charge is 0.354 e. The van der Waals surface area contributed by atoms with Gasteiger partial charge in [-0.15, -0.1) is 0 Å². The third-order valence-electron chi connectivity index (χ3n) is 5.10. The van der Waals surface area contributed by atoms with E-state index >= 15 is 0 Å². The number of aromatic nitrogens is 1. The van der Waals surface area contributed by atoms with Gasteiger partial charge in [-0.1, -0.05) is 12.1 Å². The number of nitrogens with zero attached hydrogens (tertiary/aromatic N) is 2. The molecule has 0 saturated carbocycles. The van der Waals surface area contributed by atoms with Crippen molar-refractivity contribution in [1.29, 1.82) is 0 Å². The summed E-state index contributed by atoms with van der Waals surface area (Å²) in [7, 11) is 1.47. The molecule has 1 aromatic carbocycles. The highest BCUT2D eigenvalue weighted by Gasteiger charge is 2.60. The summed E-state index contributed by atoms with van der Waals surface area (Å²) >= 11 is 0. The molecule has 138 valence electrons. The Bertz CT molecular complexity index is 952. The van der Waals surface area contributed by atoms with Crippen molar-refractivity contribution < 1.29 is 23.9 Å². The Labute approximate surface area is 154 Å². The molecule has 0 radical (unpaired) electrons. The van der Waals surface area contributed by atoms with Crippen LogP contribution in [-0.4, -0.2) is 52.8 Å². The molecule has 1 N–H and O–H groups in total. The van der Waals surface area contributed by atoms with Gasteiger partial charge in [0.05, 0.1) is 16.9 Å². The number of nitrogens with one attached hydrogen (secondary N) is 1. The molecule has 2 amide bonds. The van der Waals surface area contributed by atoms with E-state index in [0.717, 1.165) is 0 Å². The molecule has 8 nitrogen and oxygen atoms in total. The molecule has 27 heavy (non-hydrogen) atoms. The Balaban J connectivity index is 1.67. The molecule has 2 aromatic rings. The number of hydrogen-bond acceptors (Lipinski definition) is 5. The fraction of sp³-hybridized carbons (Fsp3) is 0.263. The number of carbonyl (C=O) groups excluding carboxylic acids is 4. The number of H-pyrrole nitrogens is 1. The van der Waals surface area contributed by atoms with Crippen molar-refractivity contribution >= 4 is 29.3 Å². The molecule has 0 bridgehead atoms. The zero-order valence-corrected chi connectivity index (χ0v) is 14.6. The van der Waals surface area contributed by atoms with E-state index < -0.39 is 24.0 Å². The third-order valence-corrected chi connectivity index (χ3v) is 5.10.